The van der Waals surface area contributed by atoms with Crippen LogP contribution in [-0.2, 0) is 0 Å². The summed E-state index contributed by atoms with van der Waals surface area (Å²) < 4.78 is 5.94. The van der Waals surface area contributed by atoms with Gasteiger partial charge < -0.3 is 4.74 Å². The van der Waals surface area contributed by atoms with Crippen molar-refractivity contribution in [3.8, 4) is 11.6 Å². The molecule has 0 aliphatic carbocycles. The normalized spacial score (nSPS) is 10.8. The molecule has 0 saturated carbocycles. The number of fused-ring (bicyclic) bond motifs is 1. The molecule has 0 radical (unpaired) electrons. The van der Waals surface area contributed by atoms with Crippen molar-refractivity contribution in [3.63, 3.8) is 0 Å². The minimum Gasteiger partial charge on any atom is -0.438 e. The molecule has 3 rings (SSSR count). The van der Waals surface area contributed by atoms with Gasteiger partial charge in [-0.1, -0.05) is 18.2 Å². The second-order valence-corrected chi connectivity index (χ2v) is 5.67. The van der Waals surface area contributed by atoms with Gasteiger partial charge in [0.05, 0.1) is 5.39 Å². The molecule has 0 aliphatic rings. The van der Waals surface area contributed by atoms with Crippen LogP contribution in [-0.4, -0.2) is 9.97 Å². The molecule has 0 atom stereocenters. The van der Waals surface area contributed by atoms with Crippen molar-refractivity contribution in [1.29, 1.82) is 0 Å². The van der Waals surface area contributed by atoms with Crippen molar-refractivity contribution in [1.82, 2.24) is 9.97 Å². The van der Waals surface area contributed by atoms with Gasteiger partial charge in [-0.15, -0.1) is 11.3 Å². The van der Waals surface area contributed by atoms with Gasteiger partial charge in [0, 0.05) is 4.88 Å². The van der Waals surface area contributed by atoms with Crippen molar-refractivity contribution in [3.05, 3.63) is 40.8 Å². The van der Waals surface area contributed by atoms with Gasteiger partial charge >= 0.3 is 0 Å². The molecule has 6 heteroatoms. The van der Waals surface area contributed by atoms with Crippen LogP contribution in [0.3, 0.4) is 0 Å². The van der Waals surface area contributed by atoms with Gasteiger partial charge in [-0.2, -0.15) is 4.98 Å². The molecule has 0 spiro atoms. The molecule has 0 amide bonds. The standard InChI is InChI=1S/C14H14N4OS/c1-8-5-3-4-6-11(8)19-12-10-7-9(2)20-13(10)17-14(16-12)18-15/h3-7H,15H2,1-2H3,(H,16,17,18). The second kappa shape index (κ2) is 5.07. The fourth-order valence-corrected chi connectivity index (χ4v) is 2.80. The van der Waals surface area contributed by atoms with Crippen molar-refractivity contribution >= 4 is 27.5 Å². The van der Waals surface area contributed by atoms with Crippen LogP contribution >= 0.6 is 11.3 Å². The fourth-order valence-electron chi connectivity index (χ4n) is 1.93. The van der Waals surface area contributed by atoms with Crippen LogP contribution in [0, 0.1) is 13.8 Å². The molecular weight excluding hydrogens is 272 g/mol. The third kappa shape index (κ3) is 2.31. The highest BCUT2D eigenvalue weighted by Crippen LogP contribution is 2.34. The average molecular weight is 286 g/mol. The number of nitrogen functional groups attached to an aromatic ring is 1. The molecule has 0 aliphatic heterocycles. The smallest absolute Gasteiger partial charge is 0.241 e. The van der Waals surface area contributed by atoms with E-state index in [0.29, 0.717) is 11.8 Å². The molecule has 0 fully saturated rings. The van der Waals surface area contributed by atoms with E-state index in [1.165, 1.54) is 0 Å². The maximum Gasteiger partial charge on any atom is 0.241 e. The number of hydrogen-bond acceptors (Lipinski definition) is 6. The summed E-state index contributed by atoms with van der Waals surface area (Å²) in [6.07, 6.45) is 0. The van der Waals surface area contributed by atoms with Gasteiger partial charge in [0.2, 0.25) is 11.8 Å². The monoisotopic (exact) mass is 286 g/mol. The van der Waals surface area contributed by atoms with E-state index in [1.54, 1.807) is 11.3 Å². The van der Waals surface area contributed by atoms with E-state index in [1.807, 2.05) is 44.2 Å². The van der Waals surface area contributed by atoms with Gasteiger partial charge in [0.1, 0.15) is 10.6 Å². The Labute approximate surface area is 120 Å². The zero-order valence-electron chi connectivity index (χ0n) is 11.2. The Kier molecular flexibility index (Phi) is 3.25. The summed E-state index contributed by atoms with van der Waals surface area (Å²) in [5.41, 5.74) is 3.52. The number of aryl methyl sites for hydroxylation is 2. The molecule has 5 nitrogen and oxygen atoms in total. The number of nitrogens with zero attached hydrogens (tertiary/aromatic N) is 2. The van der Waals surface area contributed by atoms with E-state index in [4.69, 9.17) is 10.6 Å². The van der Waals surface area contributed by atoms with Crippen LogP contribution in [0.25, 0.3) is 10.2 Å². The highest BCUT2D eigenvalue weighted by molar-refractivity contribution is 7.18. The summed E-state index contributed by atoms with van der Waals surface area (Å²) in [5.74, 6) is 7.06. The summed E-state index contributed by atoms with van der Waals surface area (Å²) in [7, 11) is 0. The molecule has 0 unspecified atom stereocenters. The Bertz CT molecular complexity index is 769. The first-order valence-electron chi connectivity index (χ1n) is 6.15. The second-order valence-electron chi connectivity index (χ2n) is 4.44. The zero-order chi connectivity index (χ0) is 14.1. The molecule has 20 heavy (non-hydrogen) atoms. The Balaban J connectivity index is 2.12. The zero-order valence-corrected chi connectivity index (χ0v) is 12.0. The maximum atomic E-state index is 5.94. The third-order valence-electron chi connectivity index (χ3n) is 2.91. The highest BCUT2D eigenvalue weighted by Gasteiger charge is 2.13. The average Bonchev–Trinajstić information content (AvgIpc) is 2.81. The third-order valence-corrected chi connectivity index (χ3v) is 3.85. The van der Waals surface area contributed by atoms with Gasteiger partial charge in [-0.25, -0.2) is 10.8 Å². The predicted molar refractivity (Wildman–Crippen MR) is 81.2 cm³/mol. The summed E-state index contributed by atoms with van der Waals surface area (Å²) in [5, 5.41) is 0.898. The fraction of sp³-hybridized carbons (Fsp3) is 0.143. The van der Waals surface area contributed by atoms with Gasteiger partial charge in [0.25, 0.3) is 0 Å². The number of hydrogen-bond donors (Lipinski definition) is 2. The van der Waals surface area contributed by atoms with E-state index >= 15 is 0 Å². The predicted octanol–water partition coefficient (Wildman–Crippen LogP) is 3.39. The Hall–Kier alpha value is -2.18. The molecule has 0 saturated heterocycles. The number of benzene rings is 1. The number of aromatic nitrogens is 2. The summed E-state index contributed by atoms with van der Waals surface area (Å²) in [6, 6.07) is 9.84. The van der Waals surface area contributed by atoms with Crippen LogP contribution in [0.4, 0.5) is 5.95 Å². The number of nitrogens with one attached hydrogen (secondary N) is 1. The summed E-state index contributed by atoms with van der Waals surface area (Å²) in [4.78, 5) is 10.6. The van der Waals surface area contributed by atoms with Crippen molar-refractivity contribution in [2.75, 3.05) is 5.43 Å². The SMILES string of the molecule is Cc1cc2c(Oc3ccccc3C)nc(NN)nc2s1. The first kappa shape index (κ1) is 12.8. The molecule has 3 N–H and O–H groups in total. The van der Waals surface area contributed by atoms with E-state index in [0.717, 1.165) is 26.4 Å². The number of anilines is 1. The number of nitrogens with two attached hydrogens (primary N) is 1. The minimum absolute atomic E-state index is 0.350. The number of ether oxygens (including phenoxy) is 1. The van der Waals surface area contributed by atoms with Gasteiger partial charge in [0.15, 0.2) is 0 Å². The number of thiophene rings is 1. The van der Waals surface area contributed by atoms with Crippen LogP contribution in [0.15, 0.2) is 30.3 Å². The minimum atomic E-state index is 0.350. The van der Waals surface area contributed by atoms with E-state index in [9.17, 15) is 0 Å². The molecule has 2 heterocycles. The molecule has 2 aromatic heterocycles. The van der Waals surface area contributed by atoms with Crippen LogP contribution in [0.2, 0.25) is 0 Å². The largest absolute Gasteiger partial charge is 0.438 e. The quantitative estimate of drug-likeness (QED) is 0.570. The van der Waals surface area contributed by atoms with E-state index < -0.39 is 0 Å². The van der Waals surface area contributed by atoms with Gasteiger partial charge in [-0.05, 0) is 31.5 Å². The summed E-state index contributed by atoms with van der Waals surface area (Å²) >= 11 is 1.58. The van der Waals surface area contributed by atoms with Crippen molar-refractivity contribution < 1.29 is 4.74 Å². The lowest BCUT2D eigenvalue weighted by molar-refractivity contribution is 0.465. The molecule has 0 bridgehead atoms. The van der Waals surface area contributed by atoms with Crippen molar-refractivity contribution in [2.24, 2.45) is 5.84 Å². The first-order chi connectivity index (χ1) is 9.67. The molecule has 102 valence electrons. The van der Waals surface area contributed by atoms with Crippen LogP contribution < -0.4 is 16.0 Å². The molecular formula is C14H14N4OS. The van der Waals surface area contributed by atoms with E-state index in [-0.39, 0.29) is 0 Å². The van der Waals surface area contributed by atoms with Crippen molar-refractivity contribution in [2.45, 2.75) is 13.8 Å². The Morgan fingerprint density at radius 3 is 2.75 bits per heavy atom. The lowest BCUT2D eigenvalue weighted by Crippen LogP contribution is -2.10. The highest BCUT2D eigenvalue weighted by atomic mass is 32.1. The van der Waals surface area contributed by atoms with E-state index in [2.05, 4.69) is 15.4 Å². The summed E-state index contributed by atoms with van der Waals surface area (Å²) in [6.45, 7) is 4.02. The maximum absolute atomic E-state index is 5.94. The van der Waals surface area contributed by atoms with Crippen LogP contribution in [0.1, 0.15) is 10.4 Å². The Morgan fingerprint density at radius 2 is 2.00 bits per heavy atom. The first-order valence-corrected chi connectivity index (χ1v) is 6.97. The Morgan fingerprint density at radius 1 is 1.20 bits per heavy atom. The molecule has 3 aromatic rings. The number of para-hydroxylation sites is 1. The van der Waals surface area contributed by atoms with Crippen LogP contribution in [0.5, 0.6) is 11.6 Å². The number of rotatable bonds is 3. The number of hydrazine groups is 1. The lowest BCUT2D eigenvalue weighted by atomic mass is 10.2. The lowest BCUT2D eigenvalue weighted by Gasteiger charge is -2.09. The van der Waals surface area contributed by atoms with Gasteiger partial charge in [-0.3, -0.25) is 5.43 Å². The molecule has 1 aromatic carbocycles. The topological polar surface area (TPSA) is 73.1 Å².